The van der Waals surface area contributed by atoms with Crippen LogP contribution in [0.5, 0.6) is 0 Å². The summed E-state index contributed by atoms with van der Waals surface area (Å²) >= 11 is 5.88. The standard InChI is InChI=1S/C15H21ClN4O.HI/c1-3-18-15(17-2)20-9-8-19(14(21)11-20)10-12-4-6-13(16)7-5-12;/h4-7H,3,8-11H2,1-2H3,(H,17,18);1H. The van der Waals surface area contributed by atoms with E-state index in [9.17, 15) is 4.79 Å². The molecular formula is C15H22ClIN4O. The Bertz CT molecular complexity index is 521. The van der Waals surface area contributed by atoms with E-state index in [1.54, 1.807) is 7.05 Å². The van der Waals surface area contributed by atoms with Crippen LogP contribution in [0.3, 0.4) is 0 Å². The van der Waals surface area contributed by atoms with E-state index < -0.39 is 0 Å². The Balaban J connectivity index is 0.00000242. The van der Waals surface area contributed by atoms with Crippen LogP contribution < -0.4 is 5.32 Å². The molecule has 1 aromatic rings. The minimum absolute atomic E-state index is 0. The fourth-order valence-corrected chi connectivity index (χ4v) is 2.48. The van der Waals surface area contributed by atoms with Crippen LogP contribution in [0.2, 0.25) is 5.02 Å². The molecule has 1 aromatic carbocycles. The first-order chi connectivity index (χ1) is 10.1. The Hall–Kier alpha value is -1.02. The second kappa shape index (κ2) is 9.19. The lowest BCUT2D eigenvalue weighted by molar-refractivity contribution is -0.135. The van der Waals surface area contributed by atoms with Crippen molar-refractivity contribution in [1.29, 1.82) is 0 Å². The highest BCUT2D eigenvalue weighted by Crippen LogP contribution is 2.13. The zero-order valence-electron chi connectivity index (χ0n) is 12.9. The zero-order valence-corrected chi connectivity index (χ0v) is 16.0. The summed E-state index contributed by atoms with van der Waals surface area (Å²) in [5, 5.41) is 3.90. The fourth-order valence-electron chi connectivity index (χ4n) is 2.36. The Labute approximate surface area is 153 Å². The largest absolute Gasteiger partial charge is 0.357 e. The van der Waals surface area contributed by atoms with Crippen molar-refractivity contribution in [2.45, 2.75) is 13.5 Å². The smallest absolute Gasteiger partial charge is 0.242 e. The summed E-state index contributed by atoms with van der Waals surface area (Å²) in [4.78, 5) is 20.3. The second-order valence-electron chi connectivity index (χ2n) is 4.94. The van der Waals surface area contributed by atoms with Gasteiger partial charge in [-0.1, -0.05) is 23.7 Å². The number of rotatable bonds is 3. The van der Waals surface area contributed by atoms with Crippen molar-refractivity contribution in [1.82, 2.24) is 15.1 Å². The molecule has 1 saturated heterocycles. The Morgan fingerprint density at radius 1 is 1.32 bits per heavy atom. The third kappa shape index (κ3) is 5.01. The van der Waals surface area contributed by atoms with E-state index in [0.717, 1.165) is 24.6 Å². The van der Waals surface area contributed by atoms with Gasteiger partial charge in [-0.3, -0.25) is 9.79 Å². The van der Waals surface area contributed by atoms with Gasteiger partial charge >= 0.3 is 0 Å². The number of amides is 1. The first-order valence-electron chi connectivity index (χ1n) is 7.12. The SMILES string of the molecule is CCNC(=NC)N1CCN(Cc2ccc(Cl)cc2)C(=O)C1.I. The second-order valence-corrected chi connectivity index (χ2v) is 5.38. The van der Waals surface area contributed by atoms with Crippen LogP contribution in [0.4, 0.5) is 0 Å². The third-order valence-corrected chi connectivity index (χ3v) is 3.70. The zero-order chi connectivity index (χ0) is 15.2. The molecule has 122 valence electrons. The lowest BCUT2D eigenvalue weighted by atomic mass is 10.2. The first-order valence-corrected chi connectivity index (χ1v) is 7.49. The van der Waals surface area contributed by atoms with Gasteiger partial charge in [-0.2, -0.15) is 0 Å². The van der Waals surface area contributed by atoms with E-state index in [-0.39, 0.29) is 29.9 Å². The number of guanidine groups is 1. The van der Waals surface area contributed by atoms with Crippen molar-refractivity contribution >= 4 is 47.4 Å². The van der Waals surface area contributed by atoms with Gasteiger partial charge in [-0.25, -0.2) is 0 Å². The molecule has 1 amide bonds. The molecule has 0 atom stereocenters. The van der Waals surface area contributed by atoms with E-state index in [2.05, 4.69) is 10.3 Å². The van der Waals surface area contributed by atoms with Crippen LogP contribution in [0.15, 0.2) is 29.3 Å². The van der Waals surface area contributed by atoms with Crippen molar-refractivity contribution in [3.05, 3.63) is 34.9 Å². The predicted octanol–water partition coefficient (Wildman–Crippen LogP) is 2.20. The van der Waals surface area contributed by atoms with E-state index in [0.29, 0.717) is 24.7 Å². The molecule has 1 N–H and O–H groups in total. The minimum atomic E-state index is 0. The highest BCUT2D eigenvalue weighted by molar-refractivity contribution is 14.0. The van der Waals surface area contributed by atoms with Gasteiger partial charge in [0.1, 0.15) is 0 Å². The van der Waals surface area contributed by atoms with E-state index >= 15 is 0 Å². The number of aliphatic imine (C=N–C) groups is 1. The molecule has 22 heavy (non-hydrogen) atoms. The van der Waals surface area contributed by atoms with Crippen LogP contribution in [-0.2, 0) is 11.3 Å². The molecule has 0 radical (unpaired) electrons. The summed E-state index contributed by atoms with van der Waals surface area (Å²) < 4.78 is 0. The number of piperazine rings is 1. The maximum absolute atomic E-state index is 12.3. The van der Waals surface area contributed by atoms with Gasteiger partial charge in [0.25, 0.3) is 0 Å². The summed E-state index contributed by atoms with van der Waals surface area (Å²) in [5.74, 6) is 0.909. The van der Waals surface area contributed by atoms with Gasteiger partial charge in [-0.05, 0) is 24.6 Å². The van der Waals surface area contributed by atoms with E-state index in [4.69, 9.17) is 11.6 Å². The van der Waals surface area contributed by atoms with Gasteiger partial charge < -0.3 is 15.1 Å². The Kier molecular flexibility index (Phi) is 7.95. The molecule has 0 aliphatic carbocycles. The number of benzene rings is 1. The highest BCUT2D eigenvalue weighted by atomic mass is 127. The number of nitrogens with zero attached hydrogens (tertiary/aromatic N) is 3. The summed E-state index contributed by atoms with van der Waals surface area (Å²) in [6, 6.07) is 7.62. The van der Waals surface area contributed by atoms with Crippen LogP contribution in [0.1, 0.15) is 12.5 Å². The quantitative estimate of drug-likeness (QED) is 0.449. The molecule has 1 aliphatic rings. The molecule has 1 heterocycles. The molecule has 7 heteroatoms. The van der Waals surface area contributed by atoms with Crippen molar-refractivity contribution in [3.63, 3.8) is 0 Å². The highest BCUT2D eigenvalue weighted by Gasteiger charge is 2.25. The van der Waals surface area contributed by atoms with Crippen LogP contribution in [-0.4, -0.2) is 54.9 Å². The fraction of sp³-hybridized carbons (Fsp3) is 0.467. The van der Waals surface area contributed by atoms with Crippen molar-refractivity contribution in [2.24, 2.45) is 4.99 Å². The molecule has 0 bridgehead atoms. The van der Waals surface area contributed by atoms with Gasteiger partial charge in [0.05, 0.1) is 6.54 Å². The first kappa shape index (κ1) is 19.0. The topological polar surface area (TPSA) is 47.9 Å². The predicted molar refractivity (Wildman–Crippen MR) is 101 cm³/mol. The van der Waals surface area contributed by atoms with Gasteiger partial charge in [0.15, 0.2) is 5.96 Å². The van der Waals surface area contributed by atoms with Crippen molar-refractivity contribution in [3.8, 4) is 0 Å². The van der Waals surface area contributed by atoms with Crippen LogP contribution in [0.25, 0.3) is 0 Å². The number of hydrogen-bond acceptors (Lipinski definition) is 2. The van der Waals surface area contributed by atoms with Crippen LogP contribution >= 0.6 is 35.6 Å². The van der Waals surface area contributed by atoms with Gasteiger partial charge in [0, 0.05) is 38.2 Å². The molecule has 0 unspecified atom stereocenters. The van der Waals surface area contributed by atoms with Crippen molar-refractivity contribution in [2.75, 3.05) is 33.2 Å². The summed E-state index contributed by atoms with van der Waals surface area (Å²) in [6.45, 7) is 5.30. The summed E-state index contributed by atoms with van der Waals surface area (Å²) in [7, 11) is 1.74. The Morgan fingerprint density at radius 3 is 2.55 bits per heavy atom. The average Bonchev–Trinajstić information content (AvgIpc) is 2.49. The maximum Gasteiger partial charge on any atom is 0.242 e. The number of carbonyl (C=O) groups excluding carboxylic acids is 1. The molecule has 2 rings (SSSR count). The molecule has 0 aromatic heterocycles. The number of carbonyl (C=O) groups is 1. The van der Waals surface area contributed by atoms with E-state index in [1.807, 2.05) is 41.0 Å². The molecular weight excluding hydrogens is 415 g/mol. The van der Waals surface area contributed by atoms with Crippen molar-refractivity contribution < 1.29 is 4.79 Å². The minimum Gasteiger partial charge on any atom is -0.357 e. The van der Waals surface area contributed by atoms with Crippen LogP contribution in [0, 0.1) is 0 Å². The van der Waals surface area contributed by atoms with Gasteiger partial charge in [-0.15, -0.1) is 24.0 Å². The molecule has 0 saturated carbocycles. The molecule has 5 nitrogen and oxygen atoms in total. The lowest BCUT2D eigenvalue weighted by Gasteiger charge is -2.36. The maximum atomic E-state index is 12.3. The molecule has 1 fully saturated rings. The monoisotopic (exact) mass is 436 g/mol. The Morgan fingerprint density at radius 2 is 2.00 bits per heavy atom. The number of halogens is 2. The van der Waals surface area contributed by atoms with Gasteiger partial charge in [0.2, 0.25) is 5.91 Å². The lowest BCUT2D eigenvalue weighted by Crippen LogP contribution is -2.54. The molecule has 1 aliphatic heterocycles. The average molecular weight is 437 g/mol. The third-order valence-electron chi connectivity index (χ3n) is 3.45. The number of hydrogen-bond donors (Lipinski definition) is 1. The van der Waals surface area contributed by atoms with E-state index in [1.165, 1.54) is 0 Å². The summed E-state index contributed by atoms with van der Waals surface area (Å²) in [5.41, 5.74) is 1.09. The summed E-state index contributed by atoms with van der Waals surface area (Å²) in [6.07, 6.45) is 0. The normalized spacial score (nSPS) is 15.6. The number of nitrogens with one attached hydrogen (secondary N) is 1. The molecule has 0 spiro atoms.